The van der Waals surface area contributed by atoms with Crippen molar-refractivity contribution in [3.05, 3.63) is 35.5 Å². The average molecular weight is 314 g/mol. The van der Waals surface area contributed by atoms with E-state index in [1.165, 1.54) is 10.5 Å². The number of carbonyl (C=O) groups excluding carboxylic acids is 1. The summed E-state index contributed by atoms with van der Waals surface area (Å²) in [6.45, 7) is 6.19. The van der Waals surface area contributed by atoms with Crippen molar-refractivity contribution in [3.63, 3.8) is 0 Å². The van der Waals surface area contributed by atoms with Crippen LogP contribution >= 0.6 is 0 Å². The number of H-pyrrole nitrogens is 1. The van der Waals surface area contributed by atoms with Crippen LogP contribution < -0.4 is 0 Å². The van der Waals surface area contributed by atoms with Gasteiger partial charge in [0.25, 0.3) is 5.91 Å². The minimum atomic E-state index is -0.976. The van der Waals surface area contributed by atoms with E-state index in [0.29, 0.717) is 5.69 Å². The summed E-state index contributed by atoms with van der Waals surface area (Å²) < 4.78 is 0. The Hall–Kier alpha value is -2.30. The molecule has 1 fully saturated rings. The molecule has 1 aliphatic carbocycles. The number of nitrogens with zero attached hydrogens (tertiary/aromatic N) is 1. The first-order valence-corrected chi connectivity index (χ1v) is 7.92. The molecule has 1 aliphatic rings. The SMILES string of the molecule is CC(C)(C)c1ccc2cc(C(=O)N(CC(=O)O)C3CC3)[nH]c2c1. The molecule has 0 radical (unpaired) electrons. The molecule has 0 spiro atoms. The fraction of sp³-hybridized carbons (Fsp3) is 0.444. The molecule has 1 amide bonds. The smallest absolute Gasteiger partial charge is 0.323 e. The summed E-state index contributed by atoms with van der Waals surface area (Å²) in [6, 6.07) is 8.00. The van der Waals surface area contributed by atoms with Crippen molar-refractivity contribution < 1.29 is 14.7 Å². The number of hydrogen-bond donors (Lipinski definition) is 2. The third kappa shape index (κ3) is 3.23. The van der Waals surface area contributed by atoms with E-state index < -0.39 is 5.97 Å². The highest BCUT2D eigenvalue weighted by Gasteiger charge is 2.34. The van der Waals surface area contributed by atoms with E-state index in [1.54, 1.807) is 6.07 Å². The van der Waals surface area contributed by atoms with Crippen molar-refractivity contribution in [1.82, 2.24) is 9.88 Å². The number of nitrogens with one attached hydrogen (secondary N) is 1. The summed E-state index contributed by atoms with van der Waals surface area (Å²) in [5.41, 5.74) is 2.59. The number of amides is 1. The molecular formula is C18H22N2O3. The maximum atomic E-state index is 12.6. The minimum Gasteiger partial charge on any atom is -0.480 e. The minimum absolute atomic E-state index is 0.0346. The zero-order chi connectivity index (χ0) is 16.8. The summed E-state index contributed by atoms with van der Waals surface area (Å²) in [4.78, 5) is 28.3. The van der Waals surface area contributed by atoms with Crippen LogP contribution in [-0.4, -0.2) is 39.5 Å². The van der Waals surface area contributed by atoms with Crippen molar-refractivity contribution in [1.29, 1.82) is 0 Å². The van der Waals surface area contributed by atoms with Gasteiger partial charge in [0.2, 0.25) is 0 Å². The van der Waals surface area contributed by atoms with Crippen molar-refractivity contribution in [2.45, 2.75) is 45.1 Å². The van der Waals surface area contributed by atoms with Gasteiger partial charge in [0.1, 0.15) is 12.2 Å². The number of hydrogen-bond acceptors (Lipinski definition) is 2. The highest BCUT2D eigenvalue weighted by Crippen LogP contribution is 2.30. The predicted molar refractivity (Wildman–Crippen MR) is 88.7 cm³/mol. The number of fused-ring (bicyclic) bond motifs is 1. The van der Waals surface area contributed by atoms with E-state index in [1.807, 2.05) is 6.07 Å². The van der Waals surface area contributed by atoms with E-state index >= 15 is 0 Å². The van der Waals surface area contributed by atoms with Gasteiger partial charge >= 0.3 is 5.97 Å². The van der Waals surface area contributed by atoms with Crippen molar-refractivity contribution in [2.75, 3.05) is 6.54 Å². The van der Waals surface area contributed by atoms with Crippen LogP contribution in [0, 0.1) is 0 Å². The van der Waals surface area contributed by atoms with Gasteiger partial charge in [-0.2, -0.15) is 0 Å². The molecule has 3 rings (SSSR count). The average Bonchev–Trinajstić information content (AvgIpc) is 3.20. The number of carbonyl (C=O) groups is 2. The number of aromatic amines is 1. The second-order valence-electron chi connectivity index (χ2n) is 7.29. The fourth-order valence-electron chi connectivity index (χ4n) is 2.76. The van der Waals surface area contributed by atoms with Crippen LogP contribution in [0.5, 0.6) is 0 Å². The molecule has 5 heteroatoms. The van der Waals surface area contributed by atoms with Crippen LogP contribution in [0.2, 0.25) is 0 Å². The molecule has 2 aromatic rings. The highest BCUT2D eigenvalue weighted by molar-refractivity contribution is 5.99. The molecule has 0 saturated heterocycles. The Morgan fingerprint density at radius 1 is 1.26 bits per heavy atom. The lowest BCUT2D eigenvalue weighted by Crippen LogP contribution is -2.37. The van der Waals surface area contributed by atoms with Gasteiger partial charge in [0, 0.05) is 16.9 Å². The molecule has 0 unspecified atom stereocenters. The van der Waals surface area contributed by atoms with Gasteiger partial charge in [-0.15, -0.1) is 0 Å². The van der Waals surface area contributed by atoms with Gasteiger partial charge in [-0.25, -0.2) is 0 Å². The van der Waals surface area contributed by atoms with Gasteiger partial charge in [0.15, 0.2) is 0 Å². The molecule has 0 aliphatic heterocycles. The zero-order valence-electron chi connectivity index (χ0n) is 13.7. The Kier molecular flexibility index (Phi) is 3.66. The molecule has 122 valence electrons. The third-order valence-electron chi connectivity index (χ3n) is 4.27. The fourth-order valence-corrected chi connectivity index (χ4v) is 2.76. The lowest BCUT2D eigenvalue weighted by atomic mass is 9.87. The topological polar surface area (TPSA) is 73.4 Å². The van der Waals surface area contributed by atoms with Crippen LogP contribution in [-0.2, 0) is 10.2 Å². The number of benzene rings is 1. The van der Waals surface area contributed by atoms with Crippen molar-refractivity contribution >= 4 is 22.8 Å². The first-order valence-electron chi connectivity index (χ1n) is 7.92. The van der Waals surface area contributed by atoms with Gasteiger partial charge in [-0.05, 0) is 36.0 Å². The largest absolute Gasteiger partial charge is 0.480 e. The Bertz CT molecular complexity index is 766. The first-order chi connectivity index (χ1) is 10.8. The summed E-state index contributed by atoms with van der Waals surface area (Å²) in [6.07, 6.45) is 1.76. The zero-order valence-corrected chi connectivity index (χ0v) is 13.7. The molecule has 2 N–H and O–H groups in total. The predicted octanol–water partition coefficient (Wildman–Crippen LogP) is 3.15. The van der Waals surface area contributed by atoms with Crippen LogP contribution in [0.25, 0.3) is 10.9 Å². The molecule has 1 aromatic heterocycles. The second kappa shape index (κ2) is 5.41. The summed E-state index contributed by atoms with van der Waals surface area (Å²) >= 11 is 0. The van der Waals surface area contributed by atoms with E-state index in [2.05, 4.69) is 37.9 Å². The normalized spacial score (nSPS) is 14.9. The lowest BCUT2D eigenvalue weighted by molar-refractivity contribution is -0.137. The Morgan fingerprint density at radius 2 is 1.96 bits per heavy atom. The van der Waals surface area contributed by atoms with Gasteiger partial charge in [0.05, 0.1) is 0 Å². The number of aliphatic carboxylic acids is 1. The van der Waals surface area contributed by atoms with Crippen LogP contribution in [0.15, 0.2) is 24.3 Å². The van der Waals surface area contributed by atoms with E-state index in [-0.39, 0.29) is 23.9 Å². The lowest BCUT2D eigenvalue weighted by Gasteiger charge is -2.19. The van der Waals surface area contributed by atoms with Gasteiger partial charge < -0.3 is 15.0 Å². The Balaban J connectivity index is 1.93. The molecular weight excluding hydrogens is 292 g/mol. The monoisotopic (exact) mass is 314 g/mol. The summed E-state index contributed by atoms with van der Waals surface area (Å²) in [5.74, 6) is -1.21. The third-order valence-corrected chi connectivity index (χ3v) is 4.27. The van der Waals surface area contributed by atoms with Gasteiger partial charge in [-0.3, -0.25) is 9.59 Å². The molecule has 5 nitrogen and oxygen atoms in total. The Morgan fingerprint density at radius 3 is 2.52 bits per heavy atom. The number of aromatic nitrogens is 1. The van der Waals surface area contributed by atoms with Crippen molar-refractivity contribution in [2.24, 2.45) is 0 Å². The number of rotatable bonds is 4. The number of carboxylic acids is 1. The first kappa shape index (κ1) is 15.6. The van der Waals surface area contributed by atoms with Crippen LogP contribution in [0.4, 0.5) is 0 Å². The standard InChI is InChI=1S/C18H22N2O3/c1-18(2,3)12-5-4-11-8-15(19-14(11)9-12)17(23)20(10-16(21)22)13-6-7-13/h4-5,8-9,13,19H,6-7,10H2,1-3H3,(H,21,22). The quantitative estimate of drug-likeness (QED) is 0.910. The maximum Gasteiger partial charge on any atom is 0.323 e. The molecule has 1 saturated carbocycles. The van der Waals surface area contributed by atoms with Crippen molar-refractivity contribution in [3.8, 4) is 0 Å². The molecule has 0 bridgehead atoms. The second-order valence-corrected chi connectivity index (χ2v) is 7.29. The van der Waals surface area contributed by atoms with E-state index in [4.69, 9.17) is 5.11 Å². The van der Waals surface area contributed by atoms with Gasteiger partial charge in [-0.1, -0.05) is 32.9 Å². The van der Waals surface area contributed by atoms with Crippen LogP contribution in [0.3, 0.4) is 0 Å². The Labute approximate surface area is 135 Å². The van der Waals surface area contributed by atoms with E-state index in [9.17, 15) is 9.59 Å². The maximum absolute atomic E-state index is 12.6. The molecule has 1 aromatic carbocycles. The van der Waals surface area contributed by atoms with Crippen LogP contribution in [0.1, 0.15) is 49.7 Å². The summed E-state index contributed by atoms with van der Waals surface area (Å²) in [5, 5.41) is 9.98. The highest BCUT2D eigenvalue weighted by atomic mass is 16.4. The number of carboxylic acid groups (broad SMARTS) is 1. The molecule has 1 heterocycles. The van der Waals surface area contributed by atoms with E-state index in [0.717, 1.165) is 23.7 Å². The summed E-state index contributed by atoms with van der Waals surface area (Å²) in [7, 11) is 0. The molecule has 23 heavy (non-hydrogen) atoms. The molecule has 0 atom stereocenters.